The van der Waals surface area contributed by atoms with Gasteiger partial charge in [0.2, 0.25) is 0 Å². The number of hydrogen-bond acceptors (Lipinski definition) is 3. The summed E-state index contributed by atoms with van der Waals surface area (Å²) in [5.41, 5.74) is 2.55. The highest BCUT2D eigenvalue weighted by Gasteiger charge is 2.11. The van der Waals surface area contributed by atoms with Gasteiger partial charge in [-0.15, -0.1) is 0 Å². The number of hydrogen-bond donors (Lipinski definition) is 3. The Bertz CT molecular complexity index is 958. The molecule has 0 fully saturated rings. The zero-order chi connectivity index (χ0) is 19.4. The van der Waals surface area contributed by atoms with Gasteiger partial charge in [0.05, 0.1) is 7.11 Å². The van der Waals surface area contributed by atoms with E-state index < -0.39 is 0 Å². The van der Waals surface area contributed by atoms with Crippen LogP contribution >= 0.6 is 0 Å². The van der Waals surface area contributed by atoms with E-state index in [0.717, 1.165) is 10.9 Å². The molecule has 0 spiro atoms. The number of rotatable bonds is 6. The van der Waals surface area contributed by atoms with Gasteiger partial charge in [-0.2, -0.15) is 0 Å². The molecule has 2 aromatic carbocycles. The number of methoxy groups -OCH3 is 1. The minimum atomic E-state index is -0.206. The third-order valence-corrected chi connectivity index (χ3v) is 4.15. The fourth-order valence-electron chi connectivity index (χ4n) is 2.67. The second-order valence-electron chi connectivity index (χ2n) is 6.77. The fourth-order valence-corrected chi connectivity index (χ4v) is 2.67. The first kappa shape index (κ1) is 18.5. The van der Waals surface area contributed by atoms with Crippen LogP contribution in [0.15, 0.2) is 48.5 Å². The Balaban J connectivity index is 1.73. The van der Waals surface area contributed by atoms with Crippen LogP contribution in [0.25, 0.3) is 10.9 Å². The molecule has 0 radical (unpaired) electrons. The van der Waals surface area contributed by atoms with Crippen molar-refractivity contribution in [3.63, 3.8) is 0 Å². The highest BCUT2D eigenvalue weighted by Crippen LogP contribution is 2.21. The summed E-state index contributed by atoms with van der Waals surface area (Å²) >= 11 is 0. The Morgan fingerprint density at radius 2 is 1.78 bits per heavy atom. The predicted molar refractivity (Wildman–Crippen MR) is 106 cm³/mol. The number of carbonyl (C=O) groups is 2. The van der Waals surface area contributed by atoms with Gasteiger partial charge in [0.1, 0.15) is 11.4 Å². The van der Waals surface area contributed by atoms with E-state index in [1.807, 2.05) is 26.0 Å². The summed E-state index contributed by atoms with van der Waals surface area (Å²) in [7, 11) is 1.58. The van der Waals surface area contributed by atoms with Gasteiger partial charge in [-0.05, 0) is 54.4 Å². The third-order valence-electron chi connectivity index (χ3n) is 4.15. The van der Waals surface area contributed by atoms with Gasteiger partial charge in [0.25, 0.3) is 11.8 Å². The normalized spacial score (nSPS) is 10.8. The number of carbonyl (C=O) groups excluding carboxylic acids is 2. The smallest absolute Gasteiger partial charge is 0.267 e. The second kappa shape index (κ2) is 7.95. The van der Waals surface area contributed by atoms with E-state index in [0.29, 0.717) is 35.2 Å². The zero-order valence-corrected chi connectivity index (χ0v) is 15.6. The van der Waals surface area contributed by atoms with E-state index in [2.05, 4.69) is 15.6 Å². The molecule has 27 heavy (non-hydrogen) atoms. The van der Waals surface area contributed by atoms with Gasteiger partial charge in [-0.3, -0.25) is 9.59 Å². The predicted octanol–water partition coefficient (Wildman–Crippen LogP) is 3.81. The fraction of sp³-hybridized carbons (Fsp3) is 0.238. The first-order chi connectivity index (χ1) is 13.0. The molecule has 0 aliphatic rings. The molecule has 0 aliphatic carbocycles. The van der Waals surface area contributed by atoms with Crippen LogP contribution in [0.3, 0.4) is 0 Å². The van der Waals surface area contributed by atoms with Crippen molar-refractivity contribution in [2.75, 3.05) is 19.0 Å². The van der Waals surface area contributed by atoms with Gasteiger partial charge < -0.3 is 20.4 Å². The summed E-state index contributed by atoms with van der Waals surface area (Å²) < 4.78 is 5.10. The van der Waals surface area contributed by atoms with E-state index in [-0.39, 0.29) is 11.8 Å². The van der Waals surface area contributed by atoms with E-state index in [1.165, 1.54) is 0 Å². The Kier molecular flexibility index (Phi) is 5.45. The molecule has 0 saturated heterocycles. The lowest BCUT2D eigenvalue weighted by Crippen LogP contribution is -2.27. The summed E-state index contributed by atoms with van der Waals surface area (Å²) in [5.74, 6) is 0.743. The molecule has 3 rings (SSSR count). The lowest BCUT2D eigenvalue weighted by molar-refractivity contribution is 0.0944. The van der Waals surface area contributed by atoms with Crippen LogP contribution in [0.4, 0.5) is 5.69 Å². The van der Waals surface area contributed by atoms with Crippen molar-refractivity contribution < 1.29 is 14.3 Å². The van der Waals surface area contributed by atoms with Crippen molar-refractivity contribution >= 4 is 28.4 Å². The number of fused-ring (bicyclic) bond motifs is 1. The Hall–Kier alpha value is -3.28. The summed E-state index contributed by atoms with van der Waals surface area (Å²) in [6.07, 6.45) is 0. The summed E-state index contributed by atoms with van der Waals surface area (Å²) in [5, 5.41) is 6.62. The topological polar surface area (TPSA) is 83.2 Å². The van der Waals surface area contributed by atoms with Crippen LogP contribution in [0.5, 0.6) is 5.75 Å². The monoisotopic (exact) mass is 365 g/mol. The third kappa shape index (κ3) is 4.47. The largest absolute Gasteiger partial charge is 0.497 e. The average molecular weight is 365 g/mol. The molecule has 6 heteroatoms. The number of benzene rings is 2. The molecule has 0 saturated carbocycles. The van der Waals surface area contributed by atoms with Crippen LogP contribution in [-0.2, 0) is 0 Å². The maximum absolute atomic E-state index is 12.4. The minimum Gasteiger partial charge on any atom is -0.497 e. The van der Waals surface area contributed by atoms with Crippen molar-refractivity contribution in [2.24, 2.45) is 5.92 Å². The molecule has 0 bridgehead atoms. The Labute approximate surface area is 157 Å². The van der Waals surface area contributed by atoms with Crippen LogP contribution < -0.4 is 15.4 Å². The van der Waals surface area contributed by atoms with Crippen LogP contribution in [0.1, 0.15) is 34.7 Å². The van der Waals surface area contributed by atoms with Crippen molar-refractivity contribution in [2.45, 2.75) is 13.8 Å². The molecule has 1 aromatic heterocycles. The SMILES string of the molecule is COc1ccc(C(=O)Nc2ccc3[nH]c(C(=O)NCC(C)C)cc3c2)cc1. The lowest BCUT2D eigenvalue weighted by Gasteiger charge is -2.06. The molecule has 2 amide bonds. The molecular formula is C21H23N3O3. The minimum absolute atomic E-state index is 0.135. The van der Waals surface area contributed by atoms with Gasteiger partial charge in [-0.25, -0.2) is 0 Å². The molecule has 1 heterocycles. The number of anilines is 1. The molecule has 3 N–H and O–H groups in total. The summed E-state index contributed by atoms with van der Waals surface area (Å²) in [4.78, 5) is 27.7. The van der Waals surface area contributed by atoms with Gasteiger partial charge in [0, 0.05) is 28.7 Å². The van der Waals surface area contributed by atoms with Crippen molar-refractivity contribution in [1.29, 1.82) is 0 Å². The molecule has 3 aromatic rings. The van der Waals surface area contributed by atoms with E-state index in [1.54, 1.807) is 43.5 Å². The molecular weight excluding hydrogens is 342 g/mol. The molecule has 0 aliphatic heterocycles. The highest BCUT2D eigenvalue weighted by molar-refractivity contribution is 6.05. The molecule has 6 nitrogen and oxygen atoms in total. The number of ether oxygens (including phenoxy) is 1. The zero-order valence-electron chi connectivity index (χ0n) is 15.6. The van der Waals surface area contributed by atoms with E-state index >= 15 is 0 Å². The van der Waals surface area contributed by atoms with Gasteiger partial charge >= 0.3 is 0 Å². The average Bonchev–Trinajstić information content (AvgIpc) is 3.09. The quantitative estimate of drug-likeness (QED) is 0.621. The van der Waals surface area contributed by atoms with Crippen LogP contribution in [0.2, 0.25) is 0 Å². The lowest BCUT2D eigenvalue weighted by atomic mass is 10.2. The van der Waals surface area contributed by atoms with E-state index in [4.69, 9.17) is 4.74 Å². The first-order valence-corrected chi connectivity index (χ1v) is 8.82. The number of aromatic nitrogens is 1. The second-order valence-corrected chi connectivity index (χ2v) is 6.77. The maximum atomic E-state index is 12.4. The molecule has 140 valence electrons. The van der Waals surface area contributed by atoms with Gasteiger partial charge in [0.15, 0.2) is 0 Å². The molecule has 0 atom stereocenters. The van der Waals surface area contributed by atoms with E-state index in [9.17, 15) is 9.59 Å². The molecule has 0 unspecified atom stereocenters. The number of H-pyrrole nitrogens is 1. The summed E-state index contributed by atoms with van der Waals surface area (Å²) in [6, 6.07) is 14.2. The Morgan fingerprint density at radius 1 is 1.04 bits per heavy atom. The highest BCUT2D eigenvalue weighted by atomic mass is 16.5. The maximum Gasteiger partial charge on any atom is 0.267 e. The number of nitrogens with one attached hydrogen (secondary N) is 3. The standard InChI is InChI=1S/C21H23N3O3/c1-13(2)12-22-21(26)19-11-15-10-16(6-9-18(15)24-19)23-20(25)14-4-7-17(27-3)8-5-14/h4-11,13,24H,12H2,1-3H3,(H,22,26)(H,23,25). The Morgan fingerprint density at radius 3 is 2.44 bits per heavy atom. The number of aromatic amines is 1. The van der Waals surface area contributed by atoms with Crippen molar-refractivity contribution in [3.05, 3.63) is 59.8 Å². The van der Waals surface area contributed by atoms with Crippen LogP contribution in [0, 0.1) is 5.92 Å². The van der Waals surface area contributed by atoms with Crippen molar-refractivity contribution in [3.8, 4) is 5.75 Å². The van der Waals surface area contributed by atoms with Crippen molar-refractivity contribution in [1.82, 2.24) is 10.3 Å². The number of amides is 2. The summed E-state index contributed by atoms with van der Waals surface area (Å²) in [6.45, 7) is 4.71. The van der Waals surface area contributed by atoms with Gasteiger partial charge in [-0.1, -0.05) is 13.8 Å². The van der Waals surface area contributed by atoms with Crippen LogP contribution in [-0.4, -0.2) is 30.5 Å². The first-order valence-electron chi connectivity index (χ1n) is 8.82.